The van der Waals surface area contributed by atoms with Crippen LogP contribution in [0.15, 0.2) is 272 Å². The lowest BCUT2D eigenvalue weighted by molar-refractivity contribution is -0.119. The van der Waals surface area contributed by atoms with E-state index in [1.807, 2.05) is 110 Å². The number of nitrogens with zero attached hydrogens (tertiary/aromatic N) is 6. The number of carbonyl (C=O) groups excluding carboxylic acids is 6. The topological polar surface area (TPSA) is 274 Å². The number of halogens is 2. The molecule has 18 nitrogen and oxygen atoms in total. The standard InChI is InChI=1S/C23H26N2O.C20H21BrN2O.C20H21ClN2O.3C20H22N2O/c1-22(2)12-15-11-17-20(21(25-24-17)14-9-10-14)23(3,19(15)18(26)13-22)16-7-5-4-6-8-16;2*1-19(2)10-12-9-14-17(18(21)23-22-14)20(3,16(12)15(24)11-19)13-7-5-4-6-8-13;3*1-19(2)10-13-9-16-15(12-21-22-16)20(3,18(13)17(23)11-19)14-7-5-4-6-8-14/h4-8,14H,9-13H2,1-3H3,(H,24,25);2*4-8H,9-11H2,1-3H3,(H,22,23);3*4-8,12H,9-11H2,1-3H3,(H,21,22)/t;;;2*20-;/m...10./s1. The maximum atomic E-state index is 13.4. The predicted molar refractivity (Wildman–Crippen MR) is 566 cm³/mol. The van der Waals surface area contributed by atoms with Crippen LogP contribution in [0, 0.1) is 32.5 Å². The van der Waals surface area contributed by atoms with Gasteiger partial charge in [0.1, 0.15) is 4.60 Å². The normalized spacial score (nSPS) is 26.0. The molecule has 1 saturated carbocycles. The maximum Gasteiger partial charge on any atom is 0.160 e. The summed E-state index contributed by atoms with van der Waals surface area (Å²) < 4.78 is 0.813. The molecular weight excluding hydrogens is 1860 g/mol. The van der Waals surface area contributed by atoms with Gasteiger partial charge in [0.25, 0.3) is 0 Å². The zero-order valence-electron chi connectivity index (χ0n) is 86.2. The van der Waals surface area contributed by atoms with Crippen LogP contribution in [-0.2, 0) is 99.8 Å². The second-order valence-electron chi connectivity index (χ2n) is 48.8. The molecule has 6 heterocycles. The van der Waals surface area contributed by atoms with Gasteiger partial charge in [0.2, 0.25) is 0 Å². The van der Waals surface area contributed by atoms with Crippen molar-refractivity contribution in [3.63, 3.8) is 0 Å². The number of benzene rings is 6. The van der Waals surface area contributed by atoms with Crippen LogP contribution in [0.2, 0.25) is 5.15 Å². The second-order valence-corrected chi connectivity index (χ2v) is 49.9. The van der Waals surface area contributed by atoms with Gasteiger partial charge in [-0.3, -0.25) is 59.4 Å². The number of Topliss-reactive ketones (excluding diaryl/α,β-unsaturated/α-hetero) is 6. The van der Waals surface area contributed by atoms with Gasteiger partial charge in [-0.15, -0.1) is 0 Å². The van der Waals surface area contributed by atoms with Crippen LogP contribution >= 0.6 is 27.5 Å². The quantitative estimate of drug-likeness (QED) is 0.0869. The van der Waals surface area contributed by atoms with Crippen molar-refractivity contribution in [2.75, 3.05) is 0 Å². The first-order valence-electron chi connectivity index (χ1n) is 51.3. The monoisotopic (exact) mass is 1990 g/mol. The summed E-state index contributed by atoms with van der Waals surface area (Å²) in [7, 11) is 0. The van der Waals surface area contributed by atoms with Gasteiger partial charge in [0.05, 0.1) is 35.1 Å². The van der Waals surface area contributed by atoms with Crippen LogP contribution in [0.5, 0.6) is 0 Å². The van der Waals surface area contributed by atoms with Crippen molar-refractivity contribution < 1.29 is 28.8 Å². The lowest BCUT2D eigenvalue weighted by Gasteiger charge is -2.44. The number of hydrogen-bond donors (Lipinski definition) is 6. The Bertz CT molecular complexity index is 6860. The van der Waals surface area contributed by atoms with Crippen molar-refractivity contribution in [3.8, 4) is 0 Å². The van der Waals surface area contributed by atoms with Gasteiger partial charge in [-0.25, -0.2) is 0 Å². The highest BCUT2D eigenvalue weighted by Gasteiger charge is 2.57. The maximum absolute atomic E-state index is 13.4. The molecule has 6 N–H and O–H groups in total. The highest BCUT2D eigenvalue weighted by atomic mass is 79.9. The summed E-state index contributed by atoms with van der Waals surface area (Å²) >= 11 is 10.1. The molecule has 0 spiro atoms. The first-order chi connectivity index (χ1) is 67.8. The minimum absolute atomic E-state index is 0.00876. The Kier molecular flexibility index (Phi) is 24.7. The number of hydrogen-bond acceptors (Lipinski definition) is 12. The largest absolute Gasteiger partial charge is 0.294 e. The van der Waals surface area contributed by atoms with Crippen LogP contribution in [0.1, 0.15) is 327 Å². The van der Waals surface area contributed by atoms with Crippen molar-refractivity contribution in [1.82, 2.24) is 61.2 Å². The number of H-pyrrole nitrogens is 6. The van der Waals surface area contributed by atoms with Crippen molar-refractivity contribution in [1.29, 1.82) is 0 Å². The van der Waals surface area contributed by atoms with Gasteiger partial charge in [0.15, 0.2) is 39.9 Å². The number of carbonyl (C=O) groups is 6. The molecule has 25 rings (SSSR count). The molecule has 0 aliphatic heterocycles. The molecule has 143 heavy (non-hydrogen) atoms. The van der Waals surface area contributed by atoms with Crippen LogP contribution in [0.4, 0.5) is 0 Å². The van der Waals surface area contributed by atoms with Crippen LogP contribution < -0.4 is 0 Å². The van der Waals surface area contributed by atoms with Crippen LogP contribution in [0.25, 0.3) is 0 Å². The molecule has 20 heteroatoms. The molecule has 13 aliphatic carbocycles. The third kappa shape index (κ3) is 17.1. The van der Waals surface area contributed by atoms with Crippen molar-refractivity contribution >= 4 is 62.2 Å². The Morgan fingerprint density at radius 1 is 0.259 bits per heavy atom. The number of nitrogens with one attached hydrogen (secondary N) is 6. The Hall–Kier alpha value is -12.2. The first kappa shape index (κ1) is 98.2. The van der Waals surface area contributed by atoms with E-state index < -0.39 is 27.1 Å². The molecule has 1 fully saturated rings. The Morgan fingerprint density at radius 3 is 0.748 bits per heavy atom. The van der Waals surface area contributed by atoms with E-state index in [0.717, 1.165) is 183 Å². The third-order valence-electron chi connectivity index (χ3n) is 33.9. The molecule has 0 amide bonds. The Balaban J connectivity index is 0.000000105. The van der Waals surface area contributed by atoms with E-state index in [-0.39, 0.29) is 49.5 Å². The fourth-order valence-electron chi connectivity index (χ4n) is 28.2. The molecule has 6 aromatic heterocycles. The van der Waals surface area contributed by atoms with E-state index in [4.69, 9.17) is 16.7 Å². The molecule has 0 radical (unpaired) electrons. The summed E-state index contributed by atoms with van der Waals surface area (Å²) in [5, 5.41) is 45.8. The SMILES string of the molecule is CC1(C)CC(=O)C2=C(Cc3[nH]nc(Br)c3C2(C)c2ccccc2)C1.CC1(C)CC(=O)C2=C(Cc3[nH]nc(C4CC4)c3C2(C)c2ccccc2)C1.CC1(C)CC(=O)C2=C(Cc3[nH]nc(Cl)c3C2(C)c2ccccc2)C1.CC1(C)CC(=O)C2=C(Cc3[nH]ncc3C2(C)c2ccccc2)C1.CC1(C)CC(=O)C2=C(Cc3[nH]ncc3[C@@]2(C)c2ccccc2)C1.CC1(C)CC(=O)C2=C(Cc3[nH]ncc3[C@]2(C)c2ccccc2)C1. The molecule has 4 unspecified atom stereocenters. The van der Waals surface area contributed by atoms with Gasteiger partial charge < -0.3 is 0 Å². The number of aromatic nitrogens is 12. The molecule has 736 valence electrons. The molecule has 0 saturated heterocycles. The first-order valence-corrected chi connectivity index (χ1v) is 52.5. The minimum Gasteiger partial charge on any atom is -0.294 e. The molecule has 6 atom stereocenters. The summed E-state index contributed by atoms with van der Waals surface area (Å²) in [5.74, 6) is 2.33. The average Bonchev–Trinajstić information content (AvgIpc) is 1.68. The van der Waals surface area contributed by atoms with Crippen LogP contribution in [-0.4, -0.2) is 95.9 Å². The van der Waals surface area contributed by atoms with E-state index in [0.29, 0.717) is 72.7 Å². The lowest BCUT2D eigenvalue weighted by atomic mass is 9.58. The van der Waals surface area contributed by atoms with Crippen molar-refractivity contribution in [3.05, 3.63) is 384 Å². The number of fused-ring (bicyclic) bond motifs is 6. The summed E-state index contributed by atoms with van der Waals surface area (Å²) in [6, 6.07) is 62.2. The van der Waals surface area contributed by atoms with Gasteiger partial charge in [-0.1, -0.05) is 310 Å². The van der Waals surface area contributed by atoms with Gasteiger partial charge in [-0.05, 0) is 175 Å². The molecule has 13 aliphatic rings. The van der Waals surface area contributed by atoms with Gasteiger partial charge in [-0.2, -0.15) is 30.6 Å². The van der Waals surface area contributed by atoms with Gasteiger partial charge in [0, 0.05) is 206 Å². The van der Waals surface area contributed by atoms with E-state index in [1.165, 1.54) is 85.5 Å². The molecule has 0 bridgehead atoms. The zero-order chi connectivity index (χ0) is 101. The summed E-state index contributed by atoms with van der Waals surface area (Å²) in [4.78, 5) is 78.9. The summed E-state index contributed by atoms with van der Waals surface area (Å²) in [6.45, 7) is 39.4. The Labute approximate surface area is 854 Å². The smallest absolute Gasteiger partial charge is 0.160 e. The van der Waals surface area contributed by atoms with E-state index >= 15 is 0 Å². The third-order valence-corrected chi connectivity index (χ3v) is 34.8. The number of aromatic amines is 6. The summed E-state index contributed by atoms with van der Waals surface area (Å²) in [5.41, 5.74) is 33.2. The highest BCUT2D eigenvalue weighted by Crippen LogP contribution is 2.62. The minimum atomic E-state index is -0.540. The van der Waals surface area contributed by atoms with Crippen molar-refractivity contribution in [2.45, 2.75) is 291 Å². The predicted octanol–water partition coefficient (Wildman–Crippen LogP) is 26.0. The van der Waals surface area contributed by atoms with Crippen molar-refractivity contribution in [2.24, 2.45) is 32.5 Å². The average molecular weight is 1990 g/mol. The summed E-state index contributed by atoms with van der Waals surface area (Å²) in [6.07, 6.45) is 22.5. The molecule has 6 aromatic carbocycles. The van der Waals surface area contributed by atoms with Gasteiger partial charge >= 0.3 is 0 Å². The molecule has 12 aromatic rings. The molecular formula is C123H134BrClN12O6. The van der Waals surface area contributed by atoms with E-state index in [9.17, 15) is 28.8 Å². The van der Waals surface area contributed by atoms with Crippen LogP contribution in [0.3, 0.4) is 0 Å². The van der Waals surface area contributed by atoms with E-state index in [2.05, 4.69) is 288 Å². The fraction of sp³-hybridized carbons (Fsp3) is 0.415. The number of ketones is 6. The fourth-order valence-corrected chi connectivity index (χ4v) is 29.3. The zero-order valence-corrected chi connectivity index (χ0v) is 88.5. The Morgan fingerprint density at radius 2 is 0.476 bits per heavy atom. The second kappa shape index (κ2) is 35.9. The number of allylic oxidation sites excluding steroid dienone is 12. The highest BCUT2D eigenvalue weighted by molar-refractivity contribution is 9.10. The van der Waals surface area contributed by atoms with E-state index in [1.54, 1.807) is 0 Å². The number of rotatable bonds is 7. The lowest BCUT2D eigenvalue weighted by Crippen LogP contribution is -2.41.